The lowest BCUT2D eigenvalue weighted by molar-refractivity contribution is 0.688. The van der Waals surface area contributed by atoms with Gasteiger partial charge in [-0.15, -0.1) is 0 Å². The first kappa shape index (κ1) is 10.3. The fourth-order valence-corrected chi connectivity index (χ4v) is 2.25. The first-order valence-electron chi connectivity index (χ1n) is 5.94. The molecule has 0 fully saturated rings. The van der Waals surface area contributed by atoms with Gasteiger partial charge >= 0.3 is 0 Å². The van der Waals surface area contributed by atoms with Crippen LogP contribution in [0.5, 0.6) is 0 Å². The molecule has 0 saturated carbocycles. The molecule has 0 spiro atoms. The Morgan fingerprint density at radius 2 is 2.20 bits per heavy atom. The summed E-state index contributed by atoms with van der Waals surface area (Å²) in [6.07, 6.45) is 5.10. The Morgan fingerprint density at radius 1 is 1.33 bits per heavy atom. The van der Waals surface area contributed by atoms with E-state index in [9.17, 15) is 0 Å². The summed E-state index contributed by atoms with van der Waals surface area (Å²) in [5.74, 6) is 0. The first-order valence-corrected chi connectivity index (χ1v) is 5.94. The molecular formula is C13H20N2. The maximum atomic E-state index is 5.82. The van der Waals surface area contributed by atoms with Crippen LogP contribution < -0.4 is 10.6 Å². The van der Waals surface area contributed by atoms with E-state index in [4.69, 9.17) is 5.73 Å². The van der Waals surface area contributed by atoms with E-state index in [0.717, 1.165) is 5.69 Å². The Balaban J connectivity index is 2.03. The molecule has 2 nitrogen and oxygen atoms in total. The molecule has 2 rings (SSSR count). The molecule has 0 aromatic heterocycles. The fourth-order valence-electron chi connectivity index (χ4n) is 2.25. The first-order chi connectivity index (χ1) is 7.31. The Kier molecular flexibility index (Phi) is 3.14. The number of rotatable bonds is 4. The maximum absolute atomic E-state index is 5.82. The van der Waals surface area contributed by atoms with Gasteiger partial charge in [0.05, 0.1) is 0 Å². The average Bonchev–Trinajstić information content (AvgIpc) is 2.62. The van der Waals surface area contributed by atoms with Gasteiger partial charge in [-0.3, -0.25) is 0 Å². The number of hydrogen-bond acceptors (Lipinski definition) is 2. The van der Waals surface area contributed by atoms with Crippen LogP contribution in [0.15, 0.2) is 18.2 Å². The van der Waals surface area contributed by atoms with Crippen LogP contribution in [-0.2, 0) is 6.42 Å². The molecule has 2 N–H and O–H groups in total. The third kappa shape index (κ3) is 2.25. The Labute approximate surface area is 92.1 Å². The van der Waals surface area contributed by atoms with E-state index in [1.165, 1.54) is 50.0 Å². The normalized spacial score (nSPS) is 14.3. The van der Waals surface area contributed by atoms with Crippen molar-refractivity contribution in [2.24, 2.45) is 0 Å². The van der Waals surface area contributed by atoms with Gasteiger partial charge in [0.1, 0.15) is 0 Å². The van der Waals surface area contributed by atoms with Crippen LogP contribution >= 0.6 is 0 Å². The van der Waals surface area contributed by atoms with Crippen LogP contribution in [-0.4, -0.2) is 13.1 Å². The molecule has 0 unspecified atom stereocenters. The SMILES string of the molecule is CCCCCN1CCc2ccc(N)cc21. The summed E-state index contributed by atoms with van der Waals surface area (Å²) in [6, 6.07) is 6.30. The van der Waals surface area contributed by atoms with Crippen LogP contribution in [0.1, 0.15) is 31.7 Å². The van der Waals surface area contributed by atoms with Crippen molar-refractivity contribution in [1.82, 2.24) is 0 Å². The van der Waals surface area contributed by atoms with E-state index in [0.29, 0.717) is 0 Å². The second-order valence-electron chi connectivity index (χ2n) is 4.33. The zero-order valence-electron chi connectivity index (χ0n) is 9.50. The molecule has 82 valence electrons. The molecule has 0 amide bonds. The smallest absolute Gasteiger partial charge is 0.0420 e. The van der Waals surface area contributed by atoms with Gasteiger partial charge in [-0.2, -0.15) is 0 Å². The number of unbranched alkanes of at least 4 members (excludes halogenated alkanes) is 2. The Morgan fingerprint density at radius 3 is 3.00 bits per heavy atom. The molecule has 1 aromatic rings. The van der Waals surface area contributed by atoms with Crippen molar-refractivity contribution in [2.45, 2.75) is 32.6 Å². The van der Waals surface area contributed by atoms with Crippen LogP contribution in [0.2, 0.25) is 0 Å². The van der Waals surface area contributed by atoms with E-state index >= 15 is 0 Å². The molecule has 0 aliphatic carbocycles. The van der Waals surface area contributed by atoms with E-state index in [1.54, 1.807) is 0 Å². The summed E-state index contributed by atoms with van der Waals surface area (Å²) in [5.41, 5.74) is 9.53. The van der Waals surface area contributed by atoms with Gasteiger partial charge in [-0.25, -0.2) is 0 Å². The van der Waals surface area contributed by atoms with E-state index in [-0.39, 0.29) is 0 Å². The number of nitrogens with zero attached hydrogens (tertiary/aromatic N) is 1. The molecule has 15 heavy (non-hydrogen) atoms. The minimum atomic E-state index is 0.885. The summed E-state index contributed by atoms with van der Waals surface area (Å²) < 4.78 is 0. The lowest BCUT2D eigenvalue weighted by atomic mass is 10.1. The summed E-state index contributed by atoms with van der Waals surface area (Å²) in [5, 5.41) is 0. The molecule has 0 saturated heterocycles. The third-order valence-corrected chi connectivity index (χ3v) is 3.13. The molecule has 1 heterocycles. The number of nitrogen functional groups attached to an aromatic ring is 1. The number of hydrogen-bond donors (Lipinski definition) is 1. The molecular weight excluding hydrogens is 184 g/mol. The predicted octanol–water partition coefficient (Wildman–Crippen LogP) is 2.82. The number of fused-ring (bicyclic) bond motifs is 1. The number of nitrogens with two attached hydrogens (primary N) is 1. The molecule has 0 radical (unpaired) electrons. The van der Waals surface area contributed by atoms with Crippen LogP contribution in [0, 0.1) is 0 Å². The monoisotopic (exact) mass is 204 g/mol. The largest absolute Gasteiger partial charge is 0.399 e. The summed E-state index contributed by atoms with van der Waals surface area (Å²) in [6.45, 7) is 4.60. The van der Waals surface area contributed by atoms with Crippen molar-refractivity contribution in [2.75, 3.05) is 23.7 Å². The molecule has 0 atom stereocenters. The van der Waals surface area contributed by atoms with Gasteiger partial charge in [-0.05, 0) is 30.5 Å². The zero-order chi connectivity index (χ0) is 10.7. The van der Waals surface area contributed by atoms with Gasteiger partial charge < -0.3 is 10.6 Å². The van der Waals surface area contributed by atoms with Gasteiger partial charge in [0.2, 0.25) is 0 Å². The van der Waals surface area contributed by atoms with Gasteiger partial charge in [0.25, 0.3) is 0 Å². The summed E-state index contributed by atoms with van der Waals surface area (Å²) >= 11 is 0. The second kappa shape index (κ2) is 4.56. The minimum absolute atomic E-state index is 0.885. The molecule has 1 aliphatic rings. The van der Waals surface area contributed by atoms with Crippen LogP contribution in [0.3, 0.4) is 0 Å². The lowest BCUT2D eigenvalue weighted by Gasteiger charge is -2.19. The van der Waals surface area contributed by atoms with Gasteiger partial charge in [0.15, 0.2) is 0 Å². The van der Waals surface area contributed by atoms with E-state index in [1.807, 2.05) is 6.07 Å². The lowest BCUT2D eigenvalue weighted by Crippen LogP contribution is -2.21. The summed E-state index contributed by atoms with van der Waals surface area (Å²) in [7, 11) is 0. The van der Waals surface area contributed by atoms with Crippen molar-refractivity contribution >= 4 is 11.4 Å². The van der Waals surface area contributed by atoms with E-state index in [2.05, 4.69) is 24.0 Å². The third-order valence-electron chi connectivity index (χ3n) is 3.13. The van der Waals surface area contributed by atoms with E-state index < -0.39 is 0 Å². The van der Waals surface area contributed by atoms with Gasteiger partial charge in [-0.1, -0.05) is 25.8 Å². The van der Waals surface area contributed by atoms with Crippen molar-refractivity contribution < 1.29 is 0 Å². The average molecular weight is 204 g/mol. The second-order valence-corrected chi connectivity index (χ2v) is 4.33. The van der Waals surface area contributed by atoms with Crippen molar-refractivity contribution in [3.63, 3.8) is 0 Å². The number of benzene rings is 1. The standard InChI is InChI=1S/C13H20N2/c1-2-3-4-8-15-9-7-11-5-6-12(14)10-13(11)15/h5-6,10H,2-4,7-9,14H2,1H3. The maximum Gasteiger partial charge on any atom is 0.0420 e. The Bertz CT molecular complexity index is 333. The minimum Gasteiger partial charge on any atom is -0.399 e. The topological polar surface area (TPSA) is 29.3 Å². The molecule has 1 aromatic carbocycles. The fraction of sp³-hybridized carbons (Fsp3) is 0.538. The molecule has 0 bridgehead atoms. The van der Waals surface area contributed by atoms with Gasteiger partial charge in [0, 0.05) is 24.5 Å². The highest BCUT2D eigenvalue weighted by Crippen LogP contribution is 2.29. The highest BCUT2D eigenvalue weighted by Gasteiger charge is 2.17. The summed E-state index contributed by atoms with van der Waals surface area (Å²) in [4.78, 5) is 2.47. The van der Waals surface area contributed by atoms with Crippen molar-refractivity contribution in [3.8, 4) is 0 Å². The predicted molar refractivity (Wildman–Crippen MR) is 66.3 cm³/mol. The Hall–Kier alpha value is -1.18. The zero-order valence-corrected chi connectivity index (χ0v) is 9.50. The van der Waals surface area contributed by atoms with Crippen molar-refractivity contribution in [3.05, 3.63) is 23.8 Å². The highest BCUT2D eigenvalue weighted by atomic mass is 15.1. The quantitative estimate of drug-likeness (QED) is 0.603. The van der Waals surface area contributed by atoms with Crippen molar-refractivity contribution in [1.29, 1.82) is 0 Å². The molecule has 1 aliphatic heterocycles. The number of anilines is 2. The molecule has 2 heteroatoms. The van der Waals surface area contributed by atoms with Crippen LogP contribution in [0.4, 0.5) is 11.4 Å². The highest BCUT2D eigenvalue weighted by molar-refractivity contribution is 5.64. The van der Waals surface area contributed by atoms with Crippen LogP contribution in [0.25, 0.3) is 0 Å².